The molecule has 106 valence electrons. The van der Waals surface area contributed by atoms with Crippen molar-refractivity contribution in [2.45, 2.75) is 6.92 Å². The summed E-state index contributed by atoms with van der Waals surface area (Å²) < 4.78 is 0.995. The molecule has 0 saturated heterocycles. The highest BCUT2D eigenvalue weighted by Crippen LogP contribution is 2.37. The Morgan fingerprint density at radius 1 is 1.19 bits per heavy atom. The molecular formula is C16H13BrClN3. The van der Waals surface area contributed by atoms with Crippen LogP contribution in [0.2, 0.25) is 5.02 Å². The second kappa shape index (κ2) is 5.54. The van der Waals surface area contributed by atoms with Crippen molar-refractivity contribution >= 4 is 33.3 Å². The van der Waals surface area contributed by atoms with E-state index in [1.54, 1.807) is 0 Å². The number of aromatic amines is 1. The zero-order chi connectivity index (χ0) is 15.0. The molecule has 0 radical (unpaired) electrons. The first-order chi connectivity index (χ1) is 10.1. The molecule has 1 heterocycles. The van der Waals surface area contributed by atoms with Gasteiger partial charge in [-0.1, -0.05) is 45.7 Å². The third-order valence-electron chi connectivity index (χ3n) is 3.38. The highest BCUT2D eigenvalue weighted by atomic mass is 79.9. The molecule has 3 aromatic rings. The molecule has 0 spiro atoms. The lowest BCUT2D eigenvalue weighted by Gasteiger charge is -2.08. The summed E-state index contributed by atoms with van der Waals surface area (Å²) in [5.74, 6) is 0.475. The Hall–Kier alpha value is -1.78. The molecular weight excluding hydrogens is 350 g/mol. The summed E-state index contributed by atoms with van der Waals surface area (Å²) in [4.78, 5) is 0. The minimum Gasteiger partial charge on any atom is -0.382 e. The van der Waals surface area contributed by atoms with E-state index in [1.165, 1.54) is 0 Å². The van der Waals surface area contributed by atoms with E-state index in [1.807, 2.05) is 49.4 Å². The van der Waals surface area contributed by atoms with Crippen LogP contribution in [0, 0.1) is 6.92 Å². The number of nitrogen functional groups attached to an aromatic ring is 1. The van der Waals surface area contributed by atoms with E-state index < -0.39 is 0 Å². The van der Waals surface area contributed by atoms with Gasteiger partial charge in [-0.3, -0.25) is 5.10 Å². The summed E-state index contributed by atoms with van der Waals surface area (Å²) in [5, 5.41) is 7.88. The third-order valence-corrected chi connectivity index (χ3v) is 4.10. The first-order valence-electron chi connectivity index (χ1n) is 6.42. The van der Waals surface area contributed by atoms with Crippen LogP contribution in [0.4, 0.5) is 5.82 Å². The Morgan fingerprint density at radius 2 is 2.00 bits per heavy atom. The minimum absolute atomic E-state index is 0.475. The summed E-state index contributed by atoms with van der Waals surface area (Å²) in [6.07, 6.45) is 0. The Kier molecular flexibility index (Phi) is 3.74. The van der Waals surface area contributed by atoms with Gasteiger partial charge in [0.2, 0.25) is 0 Å². The van der Waals surface area contributed by atoms with Crippen LogP contribution >= 0.6 is 27.5 Å². The van der Waals surface area contributed by atoms with Crippen LogP contribution in [0.1, 0.15) is 5.56 Å². The lowest BCUT2D eigenvalue weighted by Crippen LogP contribution is -1.90. The number of benzene rings is 2. The Balaban J connectivity index is 2.24. The Labute approximate surface area is 136 Å². The number of nitrogens with two attached hydrogens (primary N) is 1. The minimum atomic E-state index is 0.475. The van der Waals surface area contributed by atoms with E-state index in [4.69, 9.17) is 17.3 Å². The van der Waals surface area contributed by atoms with Crippen molar-refractivity contribution in [1.82, 2.24) is 10.2 Å². The number of rotatable bonds is 2. The summed E-state index contributed by atoms with van der Waals surface area (Å²) >= 11 is 9.61. The Morgan fingerprint density at radius 3 is 2.76 bits per heavy atom. The van der Waals surface area contributed by atoms with E-state index in [9.17, 15) is 0 Å². The van der Waals surface area contributed by atoms with Crippen LogP contribution in [-0.2, 0) is 0 Å². The zero-order valence-corrected chi connectivity index (χ0v) is 13.7. The number of nitrogens with zero attached hydrogens (tertiary/aromatic N) is 1. The maximum absolute atomic E-state index is 6.12. The monoisotopic (exact) mass is 361 g/mol. The highest BCUT2D eigenvalue weighted by molar-refractivity contribution is 9.10. The van der Waals surface area contributed by atoms with Gasteiger partial charge < -0.3 is 5.73 Å². The van der Waals surface area contributed by atoms with Gasteiger partial charge in [0.05, 0.1) is 11.3 Å². The normalized spacial score (nSPS) is 10.8. The summed E-state index contributed by atoms with van der Waals surface area (Å²) in [6.45, 7) is 2.04. The van der Waals surface area contributed by atoms with Crippen molar-refractivity contribution in [2.75, 3.05) is 5.73 Å². The van der Waals surface area contributed by atoms with Crippen LogP contribution < -0.4 is 5.73 Å². The van der Waals surface area contributed by atoms with E-state index in [-0.39, 0.29) is 0 Å². The molecule has 1 aromatic heterocycles. The quantitative estimate of drug-likeness (QED) is 0.670. The average molecular weight is 363 g/mol. The van der Waals surface area contributed by atoms with Crippen LogP contribution in [-0.4, -0.2) is 10.2 Å². The predicted molar refractivity (Wildman–Crippen MR) is 91.3 cm³/mol. The first-order valence-corrected chi connectivity index (χ1v) is 7.59. The van der Waals surface area contributed by atoms with Gasteiger partial charge in [-0.25, -0.2) is 0 Å². The number of H-pyrrole nitrogens is 1. The van der Waals surface area contributed by atoms with Crippen molar-refractivity contribution in [3.8, 4) is 22.4 Å². The number of aromatic nitrogens is 2. The fourth-order valence-corrected chi connectivity index (χ4v) is 2.92. The molecule has 21 heavy (non-hydrogen) atoms. The molecule has 3 N–H and O–H groups in total. The molecule has 0 aliphatic heterocycles. The fraction of sp³-hybridized carbons (Fsp3) is 0.0625. The maximum atomic E-state index is 6.12. The van der Waals surface area contributed by atoms with E-state index >= 15 is 0 Å². The summed E-state index contributed by atoms with van der Waals surface area (Å²) in [7, 11) is 0. The first kappa shape index (κ1) is 14.2. The van der Waals surface area contributed by atoms with Crippen molar-refractivity contribution < 1.29 is 0 Å². The van der Waals surface area contributed by atoms with Crippen molar-refractivity contribution in [3.63, 3.8) is 0 Å². The molecule has 0 unspecified atom stereocenters. The van der Waals surface area contributed by atoms with Crippen molar-refractivity contribution in [1.29, 1.82) is 0 Å². The molecule has 5 heteroatoms. The standard InChI is InChI=1S/C16H13BrClN3/c1-9-5-6-12(18)8-13(9)15-14(16(19)21-20-15)10-3-2-4-11(17)7-10/h2-8H,1H3,(H3,19,20,21). The van der Waals surface area contributed by atoms with Gasteiger partial charge in [-0.2, -0.15) is 5.10 Å². The van der Waals surface area contributed by atoms with Crippen LogP contribution in [0.15, 0.2) is 46.9 Å². The molecule has 0 aliphatic rings. The SMILES string of the molecule is Cc1ccc(Cl)cc1-c1[nH]nc(N)c1-c1cccc(Br)c1. The van der Waals surface area contributed by atoms with Gasteiger partial charge in [0.15, 0.2) is 5.82 Å². The predicted octanol–water partition coefficient (Wildman–Crippen LogP) is 5.05. The molecule has 2 aromatic carbocycles. The third kappa shape index (κ3) is 2.69. The zero-order valence-electron chi connectivity index (χ0n) is 11.3. The van der Waals surface area contributed by atoms with Crippen LogP contribution in [0.5, 0.6) is 0 Å². The molecule has 0 saturated carbocycles. The van der Waals surface area contributed by atoms with E-state index in [0.717, 1.165) is 32.4 Å². The highest BCUT2D eigenvalue weighted by Gasteiger charge is 2.16. The Bertz CT molecular complexity index is 811. The number of anilines is 1. The number of hydrogen-bond acceptors (Lipinski definition) is 2. The van der Waals surface area contributed by atoms with Crippen LogP contribution in [0.25, 0.3) is 22.4 Å². The van der Waals surface area contributed by atoms with Gasteiger partial charge in [0.25, 0.3) is 0 Å². The molecule has 0 bridgehead atoms. The number of nitrogens with one attached hydrogen (secondary N) is 1. The van der Waals surface area contributed by atoms with Gasteiger partial charge in [0.1, 0.15) is 0 Å². The second-order valence-corrected chi connectivity index (χ2v) is 6.18. The fourth-order valence-electron chi connectivity index (χ4n) is 2.35. The average Bonchev–Trinajstić information content (AvgIpc) is 2.83. The number of hydrogen-bond donors (Lipinski definition) is 2. The van der Waals surface area contributed by atoms with Crippen molar-refractivity contribution in [2.24, 2.45) is 0 Å². The van der Waals surface area contributed by atoms with Gasteiger partial charge in [-0.05, 0) is 42.3 Å². The maximum Gasteiger partial charge on any atom is 0.153 e. The molecule has 0 aliphatic carbocycles. The molecule has 0 fully saturated rings. The number of halogens is 2. The topological polar surface area (TPSA) is 54.7 Å². The van der Waals surface area contributed by atoms with Gasteiger partial charge in [0, 0.05) is 15.1 Å². The summed E-state index contributed by atoms with van der Waals surface area (Å²) in [6, 6.07) is 13.8. The lowest BCUT2D eigenvalue weighted by molar-refractivity contribution is 1.10. The number of aryl methyl sites for hydroxylation is 1. The molecule has 0 atom stereocenters. The smallest absolute Gasteiger partial charge is 0.153 e. The van der Waals surface area contributed by atoms with Gasteiger partial charge in [-0.15, -0.1) is 0 Å². The molecule has 0 amide bonds. The van der Waals surface area contributed by atoms with Gasteiger partial charge >= 0.3 is 0 Å². The molecule has 3 nitrogen and oxygen atoms in total. The lowest BCUT2D eigenvalue weighted by atomic mass is 9.98. The second-order valence-electron chi connectivity index (χ2n) is 4.83. The summed E-state index contributed by atoms with van der Waals surface area (Å²) in [5.41, 5.74) is 10.9. The van der Waals surface area contributed by atoms with Crippen molar-refractivity contribution in [3.05, 3.63) is 57.5 Å². The van der Waals surface area contributed by atoms with E-state index in [0.29, 0.717) is 10.8 Å². The van der Waals surface area contributed by atoms with E-state index in [2.05, 4.69) is 26.1 Å². The largest absolute Gasteiger partial charge is 0.382 e. The molecule has 3 rings (SSSR count). The van der Waals surface area contributed by atoms with Crippen LogP contribution in [0.3, 0.4) is 0 Å².